The predicted octanol–water partition coefficient (Wildman–Crippen LogP) is 3.59. The number of Topliss-reactive ketones (excluding diaryl/α,β-unsaturated/α-hetero) is 1. The van der Waals surface area contributed by atoms with Crippen molar-refractivity contribution in [2.45, 2.75) is 26.0 Å². The molecule has 0 unspecified atom stereocenters. The van der Waals surface area contributed by atoms with Crippen LogP contribution in [0.5, 0.6) is 0 Å². The van der Waals surface area contributed by atoms with Crippen LogP contribution in [0.15, 0.2) is 116 Å². The number of aliphatic hydroxyl groups excluding tert-OH is 1. The Morgan fingerprint density at radius 1 is 0.826 bits per heavy atom. The number of hydrogen-bond donors (Lipinski definition) is 1. The van der Waals surface area contributed by atoms with Crippen LogP contribution in [0.2, 0.25) is 0 Å². The molecule has 1 fully saturated rings. The van der Waals surface area contributed by atoms with E-state index in [0.29, 0.717) is 0 Å². The Morgan fingerprint density at radius 2 is 1.28 bits per heavy atom. The average Bonchev–Trinajstić information content (AvgIpc) is 3.09. The quantitative estimate of drug-likeness (QED) is 0.123. The molecule has 0 aliphatic carbocycles. The molecule has 10 heteroatoms. The summed E-state index contributed by atoms with van der Waals surface area (Å²) in [4.78, 5) is 55.8. The number of benzene rings is 3. The van der Waals surface area contributed by atoms with Gasteiger partial charge in [0.15, 0.2) is 5.78 Å². The number of β-lactam (4-membered cyclic amide) rings is 1. The number of carbonyl (C=O) groups excluding carboxylic acids is 4. The summed E-state index contributed by atoms with van der Waals surface area (Å²) in [7, 11) is 0. The molecule has 1 aliphatic heterocycles. The van der Waals surface area contributed by atoms with Crippen LogP contribution in [-0.2, 0) is 28.6 Å². The van der Waals surface area contributed by atoms with Gasteiger partial charge in [0, 0.05) is 12.8 Å². The maximum atomic E-state index is 14.5. The second-order valence-electron chi connectivity index (χ2n) is 10.7. The monoisotopic (exact) mass is 643 g/mol. The lowest BCUT2D eigenvalue weighted by Crippen LogP contribution is -2.71. The highest BCUT2D eigenvalue weighted by Gasteiger charge is 2.59. The topological polar surface area (TPSA) is 119 Å². The van der Waals surface area contributed by atoms with E-state index in [9.17, 15) is 24.3 Å². The second-order valence-corrected chi connectivity index (χ2v) is 14.0. The van der Waals surface area contributed by atoms with Crippen LogP contribution in [0, 0.1) is 11.8 Å². The van der Waals surface area contributed by atoms with E-state index < -0.39 is 61.3 Å². The lowest BCUT2D eigenvalue weighted by atomic mass is 9.75. The summed E-state index contributed by atoms with van der Waals surface area (Å²) in [6.45, 7) is 6.07. The lowest BCUT2D eigenvalue weighted by Gasteiger charge is -2.52. The maximum absolute atomic E-state index is 14.5. The van der Waals surface area contributed by atoms with E-state index >= 15 is 0 Å². The minimum absolute atomic E-state index is 0.0585. The number of likely N-dealkylation sites (tertiary alicyclic amines) is 1. The Labute approximate surface area is 269 Å². The first-order chi connectivity index (χ1) is 22.2. The molecule has 1 heterocycles. The van der Waals surface area contributed by atoms with Gasteiger partial charge in [-0.1, -0.05) is 123 Å². The Bertz CT molecular complexity index is 1520. The molecule has 0 saturated carbocycles. The van der Waals surface area contributed by atoms with Crippen molar-refractivity contribution in [2.75, 3.05) is 19.8 Å². The van der Waals surface area contributed by atoms with Gasteiger partial charge in [0.25, 0.3) is 0 Å². The zero-order chi connectivity index (χ0) is 33.3. The van der Waals surface area contributed by atoms with E-state index in [-0.39, 0.29) is 18.6 Å². The first-order valence-corrected chi connectivity index (χ1v) is 16.6. The molecular formula is C36H38NO8P. The molecule has 46 heavy (non-hydrogen) atoms. The fraction of sp³-hybridized carbons (Fsp3) is 0.250. The van der Waals surface area contributed by atoms with Crippen molar-refractivity contribution < 1.29 is 38.5 Å². The molecule has 4 rings (SSSR count). The zero-order valence-corrected chi connectivity index (χ0v) is 26.8. The van der Waals surface area contributed by atoms with Crippen molar-refractivity contribution in [1.82, 2.24) is 4.90 Å². The average molecular weight is 644 g/mol. The molecule has 0 bridgehead atoms. The summed E-state index contributed by atoms with van der Waals surface area (Å²) in [5.41, 5.74) is 0.0585. The van der Waals surface area contributed by atoms with Crippen LogP contribution in [0.4, 0.5) is 4.79 Å². The smallest absolute Gasteiger partial charge is 0.457 e. The van der Waals surface area contributed by atoms with Gasteiger partial charge >= 0.3 is 12.1 Å². The fourth-order valence-electron chi connectivity index (χ4n) is 5.88. The number of carbonyl (C=O) groups is 4. The molecular weight excluding hydrogens is 605 g/mol. The number of ether oxygens (including phenoxy) is 3. The van der Waals surface area contributed by atoms with Crippen LogP contribution in [0.1, 0.15) is 13.8 Å². The number of hydrogen-bond acceptors (Lipinski definition) is 8. The highest BCUT2D eigenvalue weighted by Crippen LogP contribution is 2.50. The van der Waals surface area contributed by atoms with E-state index in [1.807, 2.05) is 91.0 Å². The number of amides is 1. The largest absolute Gasteiger partial charge is 0.508 e. The van der Waals surface area contributed by atoms with E-state index in [2.05, 4.69) is 13.2 Å². The van der Waals surface area contributed by atoms with E-state index in [1.165, 1.54) is 24.0 Å². The molecule has 1 aliphatic rings. The minimum atomic E-state index is -3.24. The number of aliphatic hydroxyl groups is 1. The van der Waals surface area contributed by atoms with Crippen LogP contribution in [-0.4, -0.2) is 71.2 Å². The third-order valence-electron chi connectivity index (χ3n) is 7.96. The Balaban J connectivity index is 2.10. The lowest BCUT2D eigenvalue weighted by molar-refractivity contribution is -0.163. The minimum Gasteiger partial charge on any atom is -0.457 e. The molecule has 3 aromatic rings. The maximum Gasteiger partial charge on any atom is 0.508 e. The molecule has 1 saturated heterocycles. The third-order valence-corrected chi connectivity index (χ3v) is 12.2. The Kier molecular flexibility index (Phi) is 11.5. The van der Waals surface area contributed by atoms with Crippen LogP contribution in [0.3, 0.4) is 0 Å². The molecule has 0 aromatic heterocycles. The van der Waals surface area contributed by atoms with Gasteiger partial charge in [0.2, 0.25) is 5.91 Å². The van der Waals surface area contributed by atoms with Gasteiger partial charge in [-0.15, -0.1) is 0 Å². The molecule has 0 radical (unpaired) electrons. The SMILES string of the molecule is C=CCOC(=O)O[C@H](C)[C@H]1C(=O)N(C(C(=O)OCC=C)=P(c2ccccc2)(c2ccccc2)c2ccccc2)[C@@H]1[C@@H](C)C(=O)CO. The summed E-state index contributed by atoms with van der Waals surface area (Å²) in [5, 5.41) is 12.2. The number of rotatable bonds is 14. The molecule has 240 valence electrons. The van der Waals surface area contributed by atoms with Gasteiger partial charge in [-0.2, -0.15) is 0 Å². The van der Waals surface area contributed by atoms with Crippen molar-refractivity contribution >= 4 is 52.0 Å². The van der Waals surface area contributed by atoms with Crippen molar-refractivity contribution in [2.24, 2.45) is 11.8 Å². The zero-order valence-electron chi connectivity index (χ0n) is 25.9. The van der Waals surface area contributed by atoms with E-state index in [1.54, 1.807) is 6.92 Å². The standard InChI is InChI=1S/C36H38NO8P/c1-5-22-43-35(41)34(37-32(25(3)30(39)24-38)31(33(37)40)26(4)45-36(42)44-23-6-2)46(27-16-10-7-11-17-27,28-18-12-8-13-19-28)29-20-14-9-15-21-29/h5-21,25-26,31-32,38H,1-2,22-24H2,3-4H3/t25-,26+,31+,32+/m0/s1. The highest BCUT2D eigenvalue weighted by atomic mass is 31.2. The van der Waals surface area contributed by atoms with Gasteiger partial charge in [0.05, 0.1) is 12.0 Å². The molecule has 9 nitrogen and oxygen atoms in total. The molecule has 0 spiro atoms. The molecule has 1 N–H and O–H groups in total. The fourth-order valence-corrected chi connectivity index (χ4v) is 10.3. The third kappa shape index (κ3) is 6.62. The summed E-state index contributed by atoms with van der Waals surface area (Å²) >= 11 is 0. The first kappa shape index (κ1) is 34.2. The van der Waals surface area contributed by atoms with Gasteiger partial charge in [-0.25, -0.2) is 9.59 Å². The van der Waals surface area contributed by atoms with Crippen LogP contribution in [0.25, 0.3) is 0 Å². The van der Waals surface area contributed by atoms with Gasteiger partial charge in [-0.05, 0) is 22.8 Å². The normalized spacial score (nSPS) is 17.1. The Hall–Kier alpha value is -4.72. The van der Waals surface area contributed by atoms with Crippen LogP contribution < -0.4 is 15.9 Å². The van der Waals surface area contributed by atoms with Gasteiger partial charge in [0.1, 0.15) is 31.3 Å². The number of nitrogens with zero attached hydrogens (tertiary/aromatic N) is 1. The number of esters is 1. The van der Waals surface area contributed by atoms with E-state index in [4.69, 9.17) is 14.2 Å². The second kappa shape index (κ2) is 15.5. The molecule has 1 amide bonds. The highest BCUT2D eigenvalue weighted by molar-refractivity contribution is 7.96. The van der Waals surface area contributed by atoms with Crippen molar-refractivity contribution in [3.63, 3.8) is 0 Å². The van der Waals surface area contributed by atoms with Gasteiger partial charge in [-0.3, -0.25) is 9.59 Å². The van der Waals surface area contributed by atoms with Crippen molar-refractivity contribution in [1.29, 1.82) is 0 Å². The van der Waals surface area contributed by atoms with Gasteiger partial charge < -0.3 is 24.2 Å². The van der Waals surface area contributed by atoms with Crippen LogP contribution >= 0.6 is 6.89 Å². The summed E-state index contributed by atoms with van der Waals surface area (Å²) in [6, 6.07) is 27.3. The van der Waals surface area contributed by atoms with Crippen molar-refractivity contribution in [3.05, 3.63) is 116 Å². The summed E-state index contributed by atoms with van der Waals surface area (Å²) in [5.74, 6) is -3.83. The Morgan fingerprint density at radius 3 is 1.72 bits per heavy atom. The molecule has 4 atom stereocenters. The summed E-state index contributed by atoms with van der Waals surface area (Å²) in [6.07, 6.45) is 0.767. The first-order valence-electron chi connectivity index (χ1n) is 14.9. The predicted molar refractivity (Wildman–Crippen MR) is 179 cm³/mol. The van der Waals surface area contributed by atoms with Crippen molar-refractivity contribution in [3.8, 4) is 0 Å². The molecule has 3 aromatic carbocycles. The summed E-state index contributed by atoms with van der Waals surface area (Å²) < 4.78 is 16.2. The van der Waals surface area contributed by atoms with E-state index in [0.717, 1.165) is 15.9 Å². The number of ketones is 1.